The third kappa shape index (κ3) is 2.69. The first-order chi connectivity index (χ1) is 6.68. The Labute approximate surface area is 112 Å². The second-order valence-corrected chi connectivity index (χ2v) is 5.33. The fourth-order valence-electron chi connectivity index (χ4n) is 1.74. The molecule has 1 aromatic heterocycles. The van der Waals surface area contributed by atoms with Crippen molar-refractivity contribution < 1.29 is 4.57 Å². The van der Waals surface area contributed by atoms with Crippen LogP contribution in [0.15, 0.2) is 24.3 Å². The van der Waals surface area contributed by atoms with Gasteiger partial charge in [0, 0.05) is 18.9 Å². The summed E-state index contributed by atoms with van der Waals surface area (Å²) >= 11 is 1.88. The van der Waals surface area contributed by atoms with Gasteiger partial charge in [0.15, 0.2) is 6.54 Å². The highest BCUT2D eigenvalue weighted by Crippen LogP contribution is 2.19. The average molecular weight is 334 g/mol. The SMILES string of the molecule is Cc1sc2ccccc2[n+]1CC(C)C.I. The summed E-state index contributed by atoms with van der Waals surface area (Å²) < 4.78 is 3.82. The van der Waals surface area contributed by atoms with Crippen molar-refractivity contribution in [3.63, 3.8) is 0 Å². The molecule has 0 fully saturated rings. The van der Waals surface area contributed by atoms with Crippen LogP contribution in [0, 0.1) is 12.8 Å². The lowest BCUT2D eigenvalue weighted by Crippen LogP contribution is -2.37. The van der Waals surface area contributed by atoms with Crippen LogP contribution in [0.5, 0.6) is 0 Å². The first kappa shape index (κ1) is 12.9. The fraction of sp³-hybridized carbons (Fsp3) is 0.417. The van der Waals surface area contributed by atoms with Gasteiger partial charge in [-0.2, -0.15) is 4.57 Å². The maximum absolute atomic E-state index is 2.42. The summed E-state index contributed by atoms with van der Waals surface area (Å²) in [5.74, 6) is 0.705. The summed E-state index contributed by atoms with van der Waals surface area (Å²) in [6, 6.07) is 8.63. The van der Waals surface area contributed by atoms with E-state index in [1.165, 1.54) is 15.2 Å². The van der Waals surface area contributed by atoms with E-state index in [0.29, 0.717) is 5.92 Å². The van der Waals surface area contributed by atoms with Crippen LogP contribution in [0.2, 0.25) is 0 Å². The number of fused-ring (bicyclic) bond motifs is 1. The van der Waals surface area contributed by atoms with E-state index >= 15 is 0 Å². The monoisotopic (exact) mass is 334 g/mol. The van der Waals surface area contributed by atoms with E-state index in [2.05, 4.69) is 49.6 Å². The van der Waals surface area contributed by atoms with E-state index in [4.69, 9.17) is 0 Å². The first-order valence-electron chi connectivity index (χ1n) is 5.06. The van der Waals surface area contributed by atoms with E-state index in [0.717, 1.165) is 6.54 Å². The van der Waals surface area contributed by atoms with Crippen LogP contribution in [-0.4, -0.2) is 0 Å². The highest BCUT2D eigenvalue weighted by Gasteiger charge is 2.16. The Morgan fingerprint density at radius 1 is 1.27 bits per heavy atom. The number of halogens is 1. The Morgan fingerprint density at radius 3 is 2.60 bits per heavy atom. The predicted molar refractivity (Wildman–Crippen MR) is 77.0 cm³/mol. The van der Waals surface area contributed by atoms with Crippen molar-refractivity contribution in [3.8, 4) is 0 Å². The van der Waals surface area contributed by atoms with E-state index < -0.39 is 0 Å². The van der Waals surface area contributed by atoms with Crippen LogP contribution in [0.3, 0.4) is 0 Å². The average Bonchev–Trinajstić information content (AvgIpc) is 2.43. The molecule has 0 aliphatic rings. The molecule has 0 amide bonds. The Morgan fingerprint density at radius 2 is 1.93 bits per heavy atom. The van der Waals surface area contributed by atoms with E-state index in [9.17, 15) is 0 Å². The topological polar surface area (TPSA) is 3.88 Å². The minimum atomic E-state index is 0. The molecule has 0 saturated carbocycles. The minimum Gasteiger partial charge on any atom is -0.186 e. The summed E-state index contributed by atoms with van der Waals surface area (Å²) in [5.41, 5.74) is 1.38. The van der Waals surface area contributed by atoms with Crippen molar-refractivity contribution in [1.82, 2.24) is 0 Å². The second-order valence-electron chi connectivity index (χ2n) is 4.09. The zero-order valence-corrected chi connectivity index (χ0v) is 12.5. The number of para-hydroxylation sites is 1. The van der Waals surface area contributed by atoms with Crippen LogP contribution in [0.4, 0.5) is 0 Å². The predicted octanol–water partition coefficient (Wildman–Crippen LogP) is 3.77. The zero-order valence-electron chi connectivity index (χ0n) is 9.36. The smallest absolute Gasteiger partial charge is 0.186 e. The molecule has 15 heavy (non-hydrogen) atoms. The van der Waals surface area contributed by atoms with Gasteiger partial charge in [-0.3, -0.25) is 0 Å². The summed E-state index contributed by atoms with van der Waals surface area (Å²) in [5, 5.41) is 1.40. The third-order valence-corrected chi connectivity index (χ3v) is 3.42. The number of aryl methyl sites for hydroxylation is 1. The van der Waals surface area contributed by atoms with Gasteiger partial charge in [0.05, 0.1) is 0 Å². The molecule has 1 aromatic carbocycles. The number of hydrogen-bond donors (Lipinski definition) is 0. The molecule has 0 atom stereocenters. The van der Waals surface area contributed by atoms with Crippen molar-refractivity contribution in [3.05, 3.63) is 29.3 Å². The lowest BCUT2D eigenvalue weighted by atomic mass is 10.2. The normalized spacial score (nSPS) is 10.7. The number of aromatic nitrogens is 1. The summed E-state index contributed by atoms with van der Waals surface area (Å²) in [4.78, 5) is 0. The third-order valence-electron chi connectivity index (χ3n) is 2.34. The zero-order chi connectivity index (χ0) is 10.1. The van der Waals surface area contributed by atoms with E-state index in [-0.39, 0.29) is 24.0 Å². The van der Waals surface area contributed by atoms with Crippen LogP contribution in [0.25, 0.3) is 10.2 Å². The van der Waals surface area contributed by atoms with Gasteiger partial charge in [0.1, 0.15) is 4.70 Å². The maximum Gasteiger partial charge on any atom is 0.235 e. The van der Waals surface area contributed by atoms with Gasteiger partial charge in [-0.15, -0.1) is 24.0 Å². The Balaban J connectivity index is 0.00000112. The molecule has 1 nitrogen and oxygen atoms in total. The molecule has 0 N–H and O–H groups in total. The minimum absolute atomic E-state index is 0. The first-order valence-corrected chi connectivity index (χ1v) is 5.88. The molecule has 0 aliphatic heterocycles. The molecule has 1 heterocycles. The molecule has 0 spiro atoms. The van der Waals surface area contributed by atoms with Crippen LogP contribution in [0.1, 0.15) is 18.9 Å². The van der Waals surface area contributed by atoms with Gasteiger partial charge in [0.2, 0.25) is 10.5 Å². The van der Waals surface area contributed by atoms with Gasteiger partial charge in [-0.05, 0) is 6.07 Å². The molecule has 0 radical (unpaired) electrons. The molecule has 82 valence electrons. The van der Waals surface area contributed by atoms with Crippen molar-refractivity contribution in [2.45, 2.75) is 27.3 Å². The molecular weight excluding hydrogens is 317 g/mol. The van der Waals surface area contributed by atoms with Crippen LogP contribution >= 0.6 is 35.3 Å². The molecule has 2 aromatic rings. The molecule has 0 bridgehead atoms. The van der Waals surface area contributed by atoms with E-state index in [1.807, 2.05) is 11.3 Å². The Hall–Kier alpha value is -0.160. The standard InChI is InChI=1S/C12H16NS.HI/c1-9(2)8-13-10(3)14-12-7-5-4-6-11(12)13;/h4-7,9H,8H2,1-3H3;1H/q+1;. The quantitative estimate of drug-likeness (QED) is 0.581. The summed E-state index contributed by atoms with van der Waals surface area (Å²) in [6.07, 6.45) is 0. The highest BCUT2D eigenvalue weighted by molar-refractivity contribution is 14.0. The van der Waals surface area contributed by atoms with Gasteiger partial charge in [0.25, 0.3) is 0 Å². The molecule has 0 aliphatic carbocycles. The Bertz CT molecular complexity index is 448. The Kier molecular flexibility index (Phi) is 4.52. The van der Waals surface area contributed by atoms with Crippen LogP contribution in [-0.2, 0) is 6.54 Å². The number of hydrogen-bond acceptors (Lipinski definition) is 1. The molecule has 0 saturated heterocycles. The molecule has 0 unspecified atom stereocenters. The fourth-order valence-corrected chi connectivity index (χ4v) is 2.77. The number of nitrogens with zero attached hydrogens (tertiary/aromatic N) is 1. The van der Waals surface area contributed by atoms with Gasteiger partial charge < -0.3 is 0 Å². The van der Waals surface area contributed by atoms with Gasteiger partial charge in [-0.1, -0.05) is 37.3 Å². The van der Waals surface area contributed by atoms with Crippen molar-refractivity contribution >= 4 is 45.5 Å². The lowest BCUT2D eigenvalue weighted by Gasteiger charge is -1.99. The van der Waals surface area contributed by atoms with Gasteiger partial charge >= 0.3 is 0 Å². The number of thiazole rings is 1. The lowest BCUT2D eigenvalue weighted by molar-refractivity contribution is -0.678. The van der Waals surface area contributed by atoms with Crippen molar-refractivity contribution in [2.24, 2.45) is 5.92 Å². The molecular formula is C12H17INS+. The molecule has 3 heteroatoms. The highest BCUT2D eigenvalue weighted by atomic mass is 127. The van der Waals surface area contributed by atoms with Crippen LogP contribution < -0.4 is 4.57 Å². The van der Waals surface area contributed by atoms with Gasteiger partial charge in [-0.25, -0.2) is 0 Å². The van der Waals surface area contributed by atoms with Crippen molar-refractivity contribution in [2.75, 3.05) is 0 Å². The van der Waals surface area contributed by atoms with E-state index in [1.54, 1.807) is 0 Å². The summed E-state index contributed by atoms with van der Waals surface area (Å²) in [6.45, 7) is 7.85. The maximum atomic E-state index is 2.42. The van der Waals surface area contributed by atoms with Crippen molar-refractivity contribution in [1.29, 1.82) is 0 Å². The largest absolute Gasteiger partial charge is 0.235 e. The summed E-state index contributed by atoms with van der Waals surface area (Å²) in [7, 11) is 0. The molecule has 2 rings (SSSR count). The number of rotatable bonds is 2. The number of benzene rings is 1. The second kappa shape index (κ2) is 5.25.